The Bertz CT molecular complexity index is 862. The van der Waals surface area contributed by atoms with Gasteiger partial charge in [-0.1, -0.05) is 55.5 Å². The molecule has 0 unspecified atom stereocenters. The number of hydrogen-bond donors (Lipinski definition) is 1. The number of benzene rings is 2. The number of ether oxygens (including phenoxy) is 1. The van der Waals surface area contributed by atoms with Gasteiger partial charge in [0.05, 0.1) is 6.04 Å². The number of aryl methyl sites for hydroxylation is 1. The molecule has 1 aliphatic rings. The summed E-state index contributed by atoms with van der Waals surface area (Å²) in [5, 5.41) is 5.23. The molecule has 1 aromatic heterocycles. The SMILES string of the molecule is CCc1ccc([C@H](NC(=O)[C@@H]2Cc3ccccc3O2)c2cccs2)cc1. The van der Waals surface area contributed by atoms with Gasteiger partial charge in [-0.2, -0.15) is 0 Å². The minimum Gasteiger partial charge on any atom is -0.480 e. The van der Waals surface area contributed by atoms with Gasteiger partial charge >= 0.3 is 0 Å². The molecule has 0 saturated heterocycles. The maximum atomic E-state index is 12.9. The van der Waals surface area contributed by atoms with Gasteiger partial charge in [-0.25, -0.2) is 0 Å². The van der Waals surface area contributed by atoms with Crippen molar-refractivity contribution in [3.63, 3.8) is 0 Å². The van der Waals surface area contributed by atoms with Crippen LogP contribution in [-0.4, -0.2) is 12.0 Å². The third-order valence-electron chi connectivity index (χ3n) is 4.78. The van der Waals surface area contributed by atoms with Gasteiger partial charge in [0.2, 0.25) is 0 Å². The molecule has 0 aliphatic carbocycles. The Hall–Kier alpha value is -2.59. The van der Waals surface area contributed by atoms with E-state index >= 15 is 0 Å². The van der Waals surface area contributed by atoms with Crippen molar-refractivity contribution in [2.75, 3.05) is 0 Å². The zero-order valence-electron chi connectivity index (χ0n) is 14.6. The van der Waals surface area contributed by atoms with Crippen molar-refractivity contribution >= 4 is 17.2 Å². The number of amides is 1. The molecule has 132 valence electrons. The predicted molar refractivity (Wildman–Crippen MR) is 105 cm³/mol. The smallest absolute Gasteiger partial charge is 0.262 e. The predicted octanol–water partition coefficient (Wildman–Crippen LogP) is 4.52. The summed E-state index contributed by atoms with van der Waals surface area (Å²) in [6.45, 7) is 2.14. The summed E-state index contributed by atoms with van der Waals surface area (Å²) in [6, 6.07) is 20.2. The Morgan fingerprint density at radius 2 is 1.96 bits per heavy atom. The zero-order valence-corrected chi connectivity index (χ0v) is 15.5. The molecule has 26 heavy (non-hydrogen) atoms. The third kappa shape index (κ3) is 3.37. The van der Waals surface area contributed by atoms with E-state index in [2.05, 4.69) is 42.6 Å². The molecule has 1 amide bonds. The standard InChI is InChI=1S/C22H21NO2S/c1-2-15-9-11-16(12-10-15)21(20-8-5-13-26-20)23-22(24)19-14-17-6-3-4-7-18(17)25-19/h3-13,19,21H,2,14H2,1H3,(H,23,24)/t19-,21-/m0/s1. The zero-order chi connectivity index (χ0) is 17.9. The quantitative estimate of drug-likeness (QED) is 0.724. The highest BCUT2D eigenvalue weighted by Gasteiger charge is 2.31. The van der Waals surface area contributed by atoms with Crippen molar-refractivity contribution in [2.45, 2.75) is 31.9 Å². The third-order valence-corrected chi connectivity index (χ3v) is 5.71. The average molecular weight is 363 g/mol. The second-order valence-electron chi connectivity index (χ2n) is 6.47. The first-order chi connectivity index (χ1) is 12.7. The van der Waals surface area contributed by atoms with E-state index in [1.807, 2.05) is 35.7 Å². The fourth-order valence-corrected chi connectivity index (χ4v) is 4.09. The van der Waals surface area contributed by atoms with Crippen molar-refractivity contribution in [1.29, 1.82) is 0 Å². The van der Waals surface area contributed by atoms with E-state index in [4.69, 9.17) is 4.74 Å². The van der Waals surface area contributed by atoms with Crippen LogP contribution < -0.4 is 10.1 Å². The number of thiophene rings is 1. The Balaban J connectivity index is 1.54. The number of nitrogens with one attached hydrogen (secondary N) is 1. The van der Waals surface area contributed by atoms with Crippen molar-refractivity contribution in [3.8, 4) is 5.75 Å². The van der Waals surface area contributed by atoms with Gasteiger partial charge in [0, 0.05) is 11.3 Å². The lowest BCUT2D eigenvalue weighted by Crippen LogP contribution is -2.39. The highest BCUT2D eigenvalue weighted by atomic mass is 32.1. The summed E-state index contributed by atoms with van der Waals surface area (Å²) in [5.41, 5.74) is 3.47. The highest BCUT2D eigenvalue weighted by molar-refractivity contribution is 7.10. The molecule has 0 spiro atoms. The highest BCUT2D eigenvalue weighted by Crippen LogP contribution is 2.30. The average Bonchev–Trinajstić information content (AvgIpc) is 3.35. The maximum absolute atomic E-state index is 12.9. The first-order valence-electron chi connectivity index (χ1n) is 8.91. The largest absolute Gasteiger partial charge is 0.480 e. The molecule has 0 bridgehead atoms. The Kier molecular flexibility index (Phi) is 4.76. The lowest BCUT2D eigenvalue weighted by molar-refractivity contribution is -0.127. The van der Waals surface area contributed by atoms with Crippen LogP contribution >= 0.6 is 11.3 Å². The Morgan fingerprint density at radius 3 is 2.65 bits per heavy atom. The second-order valence-corrected chi connectivity index (χ2v) is 7.45. The van der Waals surface area contributed by atoms with Crippen LogP contribution in [0, 0.1) is 0 Å². The normalized spacial score (nSPS) is 16.6. The van der Waals surface area contributed by atoms with Gasteiger partial charge in [-0.15, -0.1) is 11.3 Å². The summed E-state index contributed by atoms with van der Waals surface area (Å²) < 4.78 is 5.85. The molecule has 2 heterocycles. The van der Waals surface area contributed by atoms with Crippen LogP contribution in [0.1, 0.15) is 34.5 Å². The van der Waals surface area contributed by atoms with Crippen molar-refractivity contribution < 1.29 is 9.53 Å². The fraction of sp³-hybridized carbons (Fsp3) is 0.227. The van der Waals surface area contributed by atoms with Crippen LogP contribution in [0.25, 0.3) is 0 Å². The number of carbonyl (C=O) groups excluding carboxylic acids is 1. The van der Waals surface area contributed by atoms with Crippen LogP contribution in [0.3, 0.4) is 0 Å². The van der Waals surface area contributed by atoms with Crippen LogP contribution in [0.4, 0.5) is 0 Å². The van der Waals surface area contributed by atoms with Gasteiger partial charge in [0.1, 0.15) is 5.75 Å². The lowest BCUT2D eigenvalue weighted by atomic mass is 10.0. The van der Waals surface area contributed by atoms with Gasteiger partial charge in [0.15, 0.2) is 6.10 Å². The number of carbonyl (C=O) groups is 1. The number of hydrogen-bond acceptors (Lipinski definition) is 3. The van der Waals surface area contributed by atoms with E-state index in [9.17, 15) is 4.79 Å². The van der Waals surface area contributed by atoms with E-state index in [0.29, 0.717) is 6.42 Å². The molecule has 3 aromatic rings. The van der Waals surface area contributed by atoms with Crippen LogP contribution in [0.2, 0.25) is 0 Å². The molecule has 1 N–H and O–H groups in total. The number of para-hydroxylation sites is 1. The molecule has 0 radical (unpaired) electrons. The summed E-state index contributed by atoms with van der Waals surface area (Å²) in [7, 11) is 0. The lowest BCUT2D eigenvalue weighted by Gasteiger charge is -2.20. The molecule has 2 atom stereocenters. The van der Waals surface area contributed by atoms with E-state index < -0.39 is 6.10 Å². The summed E-state index contributed by atoms with van der Waals surface area (Å²) in [4.78, 5) is 14.0. The van der Waals surface area contributed by atoms with Gasteiger partial charge < -0.3 is 10.1 Å². The summed E-state index contributed by atoms with van der Waals surface area (Å²) in [6.07, 6.45) is 1.16. The van der Waals surface area contributed by atoms with Crippen LogP contribution in [-0.2, 0) is 17.6 Å². The molecule has 3 nitrogen and oxygen atoms in total. The maximum Gasteiger partial charge on any atom is 0.262 e. The summed E-state index contributed by atoms with van der Waals surface area (Å²) in [5.74, 6) is 0.742. The molecule has 1 aliphatic heterocycles. The van der Waals surface area contributed by atoms with Gasteiger partial charge in [0.25, 0.3) is 5.91 Å². The van der Waals surface area contributed by atoms with E-state index in [1.165, 1.54) is 5.56 Å². The summed E-state index contributed by atoms with van der Waals surface area (Å²) >= 11 is 1.65. The van der Waals surface area contributed by atoms with Crippen molar-refractivity contribution in [2.24, 2.45) is 0 Å². The molecule has 2 aromatic carbocycles. The van der Waals surface area contributed by atoms with Crippen molar-refractivity contribution in [3.05, 3.63) is 87.6 Å². The Labute approximate surface area is 157 Å². The monoisotopic (exact) mass is 363 g/mol. The second kappa shape index (κ2) is 7.34. The van der Waals surface area contributed by atoms with E-state index in [-0.39, 0.29) is 11.9 Å². The number of fused-ring (bicyclic) bond motifs is 1. The first-order valence-corrected chi connectivity index (χ1v) is 9.79. The van der Waals surface area contributed by atoms with Gasteiger partial charge in [-0.05, 0) is 40.6 Å². The van der Waals surface area contributed by atoms with E-state index in [1.54, 1.807) is 11.3 Å². The minimum absolute atomic E-state index is 0.0702. The molecule has 4 rings (SSSR count). The Morgan fingerprint density at radius 1 is 1.15 bits per heavy atom. The van der Waals surface area contributed by atoms with Gasteiger partial charge in [-0.3, -0.25) is 4.79 Å². The van der Waals surface area contributed by atoms with Crippen molar-refractivity contribution in [1.82, 2.24) is 5.32 Å². The van der Waals surface area contributed by atoms with Crippen LogP contribution in [0.5, 0.6) is 5.75 Å². The molecule has 0 fully saturated rings. The topological polar surface area (TPSA) is 38.3 Å². The van der Waals surface area contributed by atoms with Crippen LogP contribution in [0.15, 0.2) is 66.0 Å². The molecular formula is C22H21NO2S. The van der Waals surface area contributed by atoms with E-state index in [0.717, 1.165) is 28.2 Å². The first kappa shape index (κ1) is 16.9. The number of rotatable bonds is 5. The minimum atomic E-state index is -0.468. The molecule has 0 saturated carbocycles. The molecule has 4 heteroatoms. The molecular weight excluding hydrogens is 342 g/mol. The fourth-order valence-electron chi connectivity index (χ4n) is 3.28.